The number of likely N-dealkylation sites (tertiary alicyclic amines) is 1. The van der Waals surface area contributed by atoms with Crippen molar-refractivity contribution < 1.29 is 9.53 Å². The average Bonchev–Trinajstić information content (AvgIpc) is 2.75. The van der Waals surface area contributed by atoms with Gasteiger partial charge in [0, 0.05) is 63.9 Å². The molecule has 0 N–H and O–H groups in total. The highest BCUT2D eigenvalue weighted by Gasteiger charge is 2.27. The minimum absolute atomic E-state index is 0.168. The molecule has 1 amide bonds. The molecule has 0 aliphatic carbocycles. The van der Waals surface area contributed by atoms with Crippen LogP contribution in [0.4, 0.5) is 5.82 Å². The van der Waals surface area contributed by atoms with Crippen molar-refractivity contribution in [2.24, 2.45) is 0 Å². The van der Waals surface area contributed by atoms with E-state index in [1.165, 1.54) is 11.1 Å². The average molecular weight is 395 g/mol. The first kappa shape index (κ1) is 19.7. The van der Waals surface area contributed by atoms with Gasteiger partial charge < -0.3 is 14.5 Å². The maximum absolute atomic E-state index is 11.6. The van der Waals surface area contributed by atoms with Crippen LogP contribution in [0.2, 0.25) is 0 Å². The van der Waals surface area contributed by atoms with Crippen LogP contribution in [0, 0.1) is 6.92 Å². The highest BCUT2D eigenvalue weighted by atomic mass is 16.5. The second-order valence-corrected chi connectivity index (χ2v) is 8.18. The third kappa shape index (κ3) is 4.69. The number of amides is 1. The zero-order chi connectivity index (χ0) is 20.2. The molecule has 4 rings (SSSR count). The molecule has 0 unspecified atom stereocenters. The quantitative estimate of drug-likeness (QED) is 0.794. The van der Waals surface area contributed by atoms with Gasteiger partial charge in [-0.25, -0.2) is 9.97 Å². The van der Waals surface area contributed by atoms with Gasteiger partial charge >= 0.3 is 0 Å². The molecule has 4 heterocycles. The van der Waals surface area contributed by atoms with Crippen molar-refractivity contribution in [2.45, 2.75) is 51.6 Å². The number of carbonyl (C=O) groups excluding carboxylic acids is 1. The van der Waals surface area contributed by atoms with Crippen molar-refractivity contribution in [3.05, 3.63) is 47.8 Å². The molecule has 0 radical (unpaired) electrons. The standard InChI is InChI=1S/C23H30N4O2/c1-17-5-6-22(25-16-17)27-14-9-20(10-15-27)29-23-21(4-3-11-24-23)19-7-12-26(13-8-19)18(2)28/h3-6,11,16,19-20H,7-10,12-15H2,1-2H3. The lowest BCUT2D eigenvalue weighted by molar-refractivity contribution is -0.129. The molecule has 6 heteroatoms. The molecule has 0 bridgehead atoms. The minimum atomic E-state index is 0.168. The summed E-state index contributed by atoms with van der Waals surface area (Å²) >= 11 is 0. The number of hydrogen-bond donors (Lipinski definition) is 0. The third-order valence-electron chi connectivity index (χ3n) is 6.12. The number of ether oxygens (including phenoxy) is 1. The molecule has 0 atom stereocenters. The summed E-state index contributed by atoms with van der Waals surface area (Å²) in [5, 5.41) is 0. The van der Waals surface area contributed by atoms with Crippen molar-refractivity contribution in [3.8, 4) is 5.88 Å². The number of anilines is 1. The Bertz CT molecular complexity index is 823. The first-order valence-corrected chi connectivity index (χ1v) is 10.6. The molecule has 0 spiro atoms. The van der Waals surface area contributed by atoms with Crippen molar-refractivity contribution in [2.75, 3.05) is 31.1 Å². The predicted octanol–water partition coefficient (Wildman–Crippen LogP) is 3.56. The van der Waals surface area contributed by atoms with E-state index in [-0.39, 0.29) is 12.0 Å². The molecule has 2 fully saturated rings. The summed E-state index contributed by atoms with van der Waals surface area (Å²) in [6.07, 6.45) is 7.80. The van der Waals surface area contributed by atoms with Crippen LogP contribution in [0.15, 0.2) is 36.7 Å². The van der Waals surface area contributed by atoms with Gasteiger partial charge in [0.1, 0.15) is 11.9 Å². The minimum Gasteiger partial charge on any atom is -0.474 e. The fraction of sp³-hybridized carbons (Fsp3) is 0.522. The number of rotatable bonds is 4. The van der Waals surface area contributed by atoms with Crippen LogP contribution in [0.5, 0.6) is 5.88 Å². The zero-order valence-electron chi connectivity index (χ0n) is 17.4. The number of pyridine rings is 2. The number of piperidine rings is 2. The summed E-state index contributed by atoms with van der Waals surface area (Å²) in [5.41, 5.74) is 2.38. The molecule has 29 heavy (non-hydrogen) atoms. The molecule has 0 aromatic carbocycles. The van der Waals surface area contributed by atoms with Gasteiger partial charge in [-0.2, -0.15) is 0 Å². The van der Waals surface area contributed by atoms with Crippen LogP contribution in [-0.2, 0) is 4.79 Å². The van der Waals surface area contributed by atoms with Crippen LogP contribution in [-0.4, -0.2) is 53.1 Å². The Kier molecular flexibility index (Phi) is 5.97. The van der Waals surface area contributed by atoms with E-state index in [1.807, 2.05) is 23.4 Å². The number of aryl methyl sites for hydroxylation is 1. The van der Waals surface area contributed by atoms with Crippen molar-refractivity contribution in [1.29, 1.82) is 0 Å². The molecule has 2 saturated heterocycles. The smallest absolute Gasteiger partial charge is 0.219 e. The Morgan fingerprint density at radius 2 is 1.79 bits per heavy atom. The molecule has 2 aliphatic heterocycles. The number of carbonyl (C=O) groups is 1. The van der Waals surface area contributed by atoms with Crippen LogP contribution in [0.3, 0.4) is 0 Å². The van der Waals surface area contributed by atoms with Crippen LogP contribution in [0.1, 0.15) is 49.7 Å². The van der Waals surface area contributed by atoms with Crippen molar-refractivity contribution in [3.63, 3.8) is 0 Å². The first-order valence-electron chi connectivity index (χ1n) is 10.6. The van der Waals surface area contributed by atoms with Gasteiger partial charge in [-0.05, 0) is 43.4 Å². The molecular formula is C23H30N4O2. The van der Waals surface area contributed by atoms with E-state index in [2.05, 4.69) is 40.0 Å². The van der Waals surface area contributed by atoms with E-state index in [1.54, 1.807) is 6.92 Å². The molecule has 6 nitrogen and oxygen atoms in total. The summed E-state index contributed by atoms with van der Waals surface area (Å²) in [4.78, 5) is 25.0. The molecule has 2 aromatic heterocycles. The van der Waals surface area contributed by atoms with Gasteiger partial charge in [-0.1, -0.05) is 12.1 Å². The van der Waals surface area contributed by atoms with E-state index in [9.17, 15) is 4.79 Å². The number of nitrogens with zero attached hydrogens (tertiary/aromatic N) is 4. The van der Waals surface area contributed by atoms with Gasteiger partial charge in [0.05, 0.1) is 0 Å². The summed E-state index contributed by atoms with van der Waals surface area (Å²) in [6, 6.07) is 8.34. The second kappa shape index (κ2) is 8.80. The Balaban J connectivity index is 1.36. The lowest BCUT2D eigenvalue weighted by Crippen LogP contribution is -2.39. The van der Waals surface area contributed by atoms with Gasteiger partial charge in [0.2, 0.25) is 11.8 Å². The van der Waals surface area contributed by atoms with E-state index in [4.69, 9.17) is 4.74 Å². The molecule has 154 valence electrons. The van der Waals surface area contributed by atoms with Crippen molar-refractivity contribution in [1.82, 2.24) is 14.9 Å². The fourth-order valence-corrected chi connectivity index (χ4v) is 4.33. The molecule has 2 aromatic rings. The highest BCUT2D eigenvalue weighted by Crippen LogP contribution is 2.34. The zero-order valence-corrected chi connectivity index (χ0v) is 17.4. The SMILES string of the molecule is CC(=O)N1CCC(c2cccnc2OC2CCN(c3ccc(C)cn3)CC2)CC1. The Morgan fingerprint density at radius 1 is 1.03 bits per heavy atom. The van der Waals surface area contributed by atoms with E-state index in [0.717, 1.165) is 63.6 Å². The summed E-state index contributed by atoms with van der Waals surface area (Å²) in [5.74, 6) is 2.40. The highest BCUT2D eigenvalue weighted by molar-refractivity contribution is 5.73. The van der Waals surface area contributed by atoms with E-state index >= 15 is 0 Å². The Labute approximate surface area is 172 Å². The van der Waals surface area contributed by atoms with Crippen LogP contribution in [0.25, 0.3) is 0 Å². The van der Waals surface area contributed by atoms with Gasteiger partial charge in [0.25, 0.3) is 0 Å². The summed E-state index contributed by atoms with van der Waals surface area (Å²) in [6.45, 7) is 7.23. The lowest BCUT2D eigenvalue weighted by atomic mass is 9.90. The van der Waals surface area contributed by atoms with Gasteiger partial charge in [0.15, 0.2) is 0 Å². The van der Waals surface area contributed by atoms with Crippen molar-refractivity contribution >= 4 is 11.7 Å². The Hall–Kier alpha value is -2.63. The topological polar surface area (TPSA) is 58.6 Å². The molecule has 2 aliphatic rings. The predicted molar refractivity (Wildman–Crippen MR) is 113 cm³/mol. The maximum atomic E-state index is 11.6. The lowest BCUT2D eigenvalue weighted by Gasteiger charge is -2.34. The summed E-state index contributed by atoms with van der Waals surface area (Å²) in [7, 11) is 0. The summed E-state index contributed by atoms with van der Waals surface area (Å²) < 4.78 is 6.38. The van der Waals surface area contributed by atoms with Crippen LogP contribution < -0.4 is 9.64 Å². The van der Waals surface area contributed by atoms with Crippen LogP contribution >= 0.6 is 0 Å². The maximum Gasteiger partial charge on any atom is 0.219 e. The van der Waals surface area contributed by atoms with E-state index in [0.29, 0.717) is 5.92 Å². The monoisotopic (exact) mass is 394 g/mol. The number of aromatic nitrogens is 2. The number of hydrogen-bond acceptors (Lipinski definition) is 5. The molecular weight excluding hydrogens is 364 g/mol. The molecule has 0 saturated carbocycles. The van der Waals surface area contributed by atoms with E-state index < -0.39 is 0 Å². The third-order valence-corrected chi connectivity index (χ3v) is 6.12. The largest absolute Gasteiger partial charge is 0.474 e. The Morgan fingerprint density at radius 3 is 2.45 bits per heavy atom. The first-order chi connectivity index (χ1) is 14.1. The van der Waals surface area contributed by atoms with Gasteiger partial charge in [-0.3, -0.25) is 4.79 Å². The van der Waals surface area contributed by atoms with Gasteiger partial charge in [-0.15, -0.1) is 0 Å². The normalized spacial score (nSPS) is 18.7. The fourth-order valence-electron chi connectivity index (χ4n) is 4.33. The second-order valence-electron chi connectivity index (χ2n) is 8.18.